The third kappa shape index (κ3) is 8.93. The van der Waals surface area contributed by atoms with E-state index in [1.807, 2.05) is 0 Å². The number of hydrogen-bond donors (Lipinski definition) is 0. The fourth-order valence-electron chi connectivity index (χ4n) is 1.05. The minimum atomic E-state index is 0. The van der Waals surface area contributed by atoms with E-state index in [0.29, 0.717) is 0 Å². The van der Waals surface area contributed by atoms with Gasteiger partial charge in [0.1, 0.15) is 0 Å². The van der Waals surface area contributed by atoms with Gasteiger partial charge in [0, 0.05) is 0 Å². The molecule has 15 heavy (non-hydrogen) atoms. The Hall–Kier alpha value is -0.0300. The second kappa shape index (κ2) is 12.0. The van der Waals surface area contributed by atoms with Gasteiger partial charge in [0.05, 0.1) is 0 Å². The van der Waals surface area contributed by atoms with E-state index in [4.69, 9.17) is 0 Å². The Balaban J connectivity index is 0. The first-order valence-electron chi connectivity index (χ1n) is 4.84. The quantitative estimate of drug-likeness (QED) is 0.529. The molecule has 0 spiro atoms. The Morgan fingerprint density at radius 2 is 1.80 bits per heavy atom. The minimum absolute atomic E-state index is 0. The lowest BCUT2D eigenvalue weighted by molar-refractivity contribution is 0.815. The maximum absolute atomic E-state index is 2.28. The molecule has 0 unspecified atom stereocenters. The molecule has 0 bridgehead atoms. The number of benzene rings is 1. The smallest absolute Gasteiger partial charge is 0.0152 e. The summed E-state index contributed by atoms with van der Waals surface area (Å²) < 4.78 is 0. The van der Waals surface area contributed by atoms with Crippen molar-refractivity contribution in [1.29, 1.82) is 0 Å². The lowest BCUT2D eigenvalue weighted by Gasteiger charge is -1.93. The van der Waals surface area contributed by atoms with Gasteiger partial charge in [-0.25, -0.2) is 0 Å². The van der Waals surface area contributed by atoms with Crippen LogP contribution in [0.3, 0.4) is 0 Å². The van der Waals surface area contributed by atoms with Crippen molar-refractivity contribution in [3.8, 4) is 0 Å². The second-order valence-electron chi connectivity index (χ2n) is 2.99. The lowest BCUT2D eigenvalue weighted by Crippen LogP contribution is -1.87. The molecule has 0 heterocycles. The standard InChI is InChI=1S/C12H16P.2ClH/c1-2-3-4-8-11-13-12-9-6-5-7-10-12;;/h5-11H,2-4H2,1H3;2*1H. The molecule has 0 aliphatic carbocycles. The normalized spacial score (nSPS) is 10.2. The molecular formula is C12H18Cl2P. The highest BCUT2D eigenvalue weighted by Crippen LogP contribution is 2.12. The van der Waals surface area contributed by atoms with Crippen molar-refractivity contribution in [1.82, 2.24) is 0 Å². The highest BCUT2D eigenvalue weighted by molar-refractivity contribution is 7.50. The van der Waals surface area contributed by atoms with Crippen molar-refractivity contribution >= 4 is 38.7 Å². The van der Waals surface area contributed by atoms with Crippen molar-refractivity contribution < 1.29 is 0 Å². The van der Waals surface area contributed by atoms with Gasteiger partial charge < -0.3 is 0 Å². The molecule has 0 amide bonds. The molecule has 0 nitrogen and oxygen atoms in total. The van der Waals surface area contributed by atoms with E-state index in [0.717, 1.165) is 0 Å². The number of rotatable bonds is 5. The van der Waals surface area contributed by atoms with Crippen LogP contribution in [0.4, 0.5) is 0 Å². The van der Waals surface area contributed by atoms with Gasteiger partial charge in [-0.1, -0.05) is 62.0 Å². The molecule has 0 N–H and O–H groups in total. The minimum Gasteiger partial charge on any atom is -0.147 e. The van der Waals surface area contributed by atoms with Gasteiger partial charge in [-0.3, -0.25) is 0 Å². The van der Waals surface area contributed by atoms with Crippen LogP contribution >= 0.6 is 33.4 Å². The van der Waals surface area contributed by atoms with Gasteiger partial charge in [-0.15, -0.1) is 24.8 Å². The molecular weight excluding hydrogens is 246 g/mol. The Kier molecular flexibility index (Phi) is 13.9. The van der Waals surface area contributed by atoms with E-state index < -0.39 is 0 Å². The van der Waals surface area contributed by atoms with Crippen LogP contribution in [0.15, 0.2) is 42.2 Å². The average molecular weight is 264 g/mol. The van der Waals surface area contributed by atoms with Crippen LogP contribution in [0.2, 0.25) is 0 Å². The number of hydrogen-bond acceptors (Lipinski definition) is 0. The summed E-state index contributed by atoms with van der Waals surface area (Å²) in [6.07, 6.45) is 6.09. The fraction of sp³-hybridized carbons (Fsp3) is 0.333. The molecule has 0 aliphatic rings. The van der Waals surface area contributed by atoms with E-state index in [9.17, 15) is 0 Å². The Morgan fingerprint density at radius 1 is 1.13 bits per heavy atom. The molecule has 85 valence electrons. The topological polar surface area (TPSA) is 0 Å². The second-order valence-corrected chi connectivity index (χ2v) is 4.06. The number of allylic oxidation sites excluding steroid dienone is 1. The predicted molar refractivity (Wildman–Crippen MR) is 76.2 cm³/mol. The van der Waals surface area contributed by atoms with Crippen LogP contribution in [-0.2, 0) is 0 Å². The van der Waals surface area contributed by atoms with Gasteiger partial charge in [0.2, 0.25) is 0 Å². The SMILES string of the molecule is CCCCC=C[P]c1ccccc1.Cl.Cl. The first-order valence-corrected chi connectivity index (χ1v) is 5.80. The molecule has 0 aliphatic heterocycles. The third-order valence-electron chi connectivity index (χ3n) is 1.81. The fourth-order valence-corrected chi connectivity index (χ4v) is 1.82. The Morgan fingerprint density at radius 3 is 2.40 bits per heavy atom. The summed E-state index contributed by atoms with van der Waals surface area (Å²) in [6, 6.07) is 10.5. The van der Waals surface area contributed by atoms with Crippen LogP contribution in [0, 0.1) is 0 Å². The molecule has 0 saturated carbocycles. The van der Waals surface area contributed by atoms with Gasteiger partial charge in [-0.05, 0) is 20.3 Å². The average Bonchev–Trinajstić information content (AvgIpc) is 2.19. The Bertz CT molecular complexity index is 247. The van der Waals surface area contributed by atoms with Crippen molar-refractivity contribution in [3.05, 3.63) is 42.2 Å². The van der Waals surface area contributed by atoms with Crippen LogP contribution in [0.5, 0.6) is 0 Å². The van der Waals surface area contributed by atoms with Gasteiger partial charge in [0.15, 0.2) is 0 Å². The highest BCUT2D eigenvalue weighted by atomic mass is 35.5. The Labute approximate surface area is 107 Å². The summed E-state index contributed by atoms with van der Waals surface area (Å²) in [5.41, 5.74) is 0. The van der Waals surface area contributed by atoms with E-state index >= 15 is 0 Å². The molecule has 3 heteroatoms. The van der Waals surface area contributed by atoms with E-state index in [-0.39, 0.29) is 24.8 Å². The summed E-state index contributed by atoms with van der Waals surface area (Å²) >= 11 is 0. The van der Waals surface area contributed by atoms with Gasteiger partial charge >= 0.3 is 0 Å². The predicted octanol–water partition coefficient (Wildman–Crippen LogP) is 4.81. The van der Waals surface area contributed by atoms with Crippen molar-refractivity contribution in [2.24, 2.45) is 0 Å². The molecule has 0 fully saturated rings. The van der Waals surface area contributed by atoms with Gasteiger partial charge in [0.25, 0.3) is 0 Å². The van der Waals surface area contributed by atoms with Crippen molar-refractivity contribution in [3.63, 3.8) is 0 Å². The zero-order valence-corrected chi connectivity index (χ0v) is 11.5. The summed E-state index contributed by atoms with van der Waals surface area (Å²) in [4.78, 5) is 0. The summed E-state index contributed by atoms with van der Waals surface area (Å²) in [5.74, 6) is 2.24. The molecule has 1 radical (unpaired) electrons. The van der Waals surface area contributed by atoms with Gasteiger partial charge in [-0.2, -0.15) is 0 Å². The molecule has 0 atom stereocenters. The van der Waals surface area contributed by atoms with Crippen LogP contribution in [0.1, 0.15) is 26.2 Å². The van der Waals surface area contributed by atoms with Crippen LogP contribution < -0.4 is 5.30 Å². The van der Waals surface area contributed by atoms with Crippen molar-refractivity contribution in [2.75, 3.05) is 0 Å². The lowest BCUT2D eigenvalue weighted by atomic mass is 10.2. The largest absolute Gasteiger partial charge is 0.147 e. The van der Waals surface area contributed by atoms with E-state index in [1.54, 1.807) is 0 Å². The number of unbranched alkanes of at least 4 members (excludes halogenated alkanes) is 2. The molecule has 1 rings (SSSR count). The summed E-state index contributed by atoms with van der Waals surface area (Å²) in [6.45, 7) is 2.22. The van der Waals surface area contributed by atoms with E-state index in [1.165, 1.54) is 33.1 Å². The summed E-state index contributed by atoms with van der Waals surface area (Å²) in [7, 11) is 1.31. The third-order valence-corrected chi connectivity index (χ3v) is 2.77. The van der Waals surface area contributed by atoms with Crippen LogP contribution in [0.25, 0.3) is 0 Å². The molecule has 0 saturated heterocycles. The maximum atomic E-state index is 2.28. The van der Waals surface area contributed by atoms with Crippen molar-refractivity contribution in [2.45, 2.75) is 26.2 Å². The first kappa shape index (κ1) is 17.4. The zero-order chi connectivity index (χ0) is 9.36. The number of halogens is 2. The maximum Gasteiger partial charge on any atom is -0.0152 e. The molecule has 1 aromatic rings. The van der Waals surface area contributed by atoms with E-state index in [2.05, 4.69) is 49.1 Å². The first-order chi connectivity index (χ1) is 6.43. The molecule has 1 aromatic carbocycles. The molecule has 0 aromatic heterocycles. The monoisotopic (exact) mass is 263 g/mol. The highest BCUT2D eigenvalue weighted by Gasteiger charge is 1.86. The summed E-state index contributed by atoms with van der Waals surface area (Å²) in [5, 5.41) is 1.37. The zero-order valence-electron chi connectivity index (χ0n) is 8.93. The van der Waals surface area contributed by atoms with Crippen LogP contribution in [-0.4, -0.2) is 0 Å².